The van der Waals surface area contributed by atoms with E-state index < -0.39 is 0 Å². The summed E-state index contributed by atoms with van der Waals surface area (Å²) in [6, 6.07) is 11.6. The third-order valence-electron chi connectivity index (χ3n) is 2.74. The maximum absolute atomic E-state index is 11.2. The van der Waals surface area contributed by atoms with Gasteiger partial charge in [0.15, 0.2) is 5.78 Å². The highest BCUT2D eigenvalue weighted by Crippen LogP contribution is 2.24. The Labute approximate surface area is 116 Å². The molecule has 4 heteroatoms. The van der Waals surface area contributed by atoms with E-state index >= 15 is 0 Å². The number of thiophene rings is 1. The second-order valence-electron chi connectivity index (χ2n) is 4.16. The number of rotatable bonds is 4. The van der Waals surface area contributed by atoms with Crippen LogP contribution in [0.25, 0.3) is 0 Å². The molecule has 0 bridgehead atoms. The Bertz CT molecular complexity index is 547. The van der Waals surface area contributed by atoms with E-state index in [0.717, 1.165) is 22.1 Å². The van der Waals surface area contributed by atoms with Crippen LogP contribution in [0.3, 0.4) is 0 Å². The molecule has 0 radical (unpaired) electrons. The monoisotopic (exact) mass is 279 g/mol. The highest BCUT2D eigenvalue weighted by atomic mass is 35.5. The third-order valence-corrected chi connectivity index (χ3v) is 3.95. The second kappa shape index (κ2) is 5.55. The van der Waals surface area contributed by atoms with Crippen molar-refractivity contribution in [3.05, 3.63) is 51.2 Å². The van der Waals surface area contributed by atoms with Crippen molar-refractivity contribution in [2.75, 3.05) is 11.9 Å². The van der Waals surface area contributed by atoms with Crippen LogP contribution in [-0.4, -0.2) is 12.8 Å². The first-order valence-corrected chi connectivity index (χ1v) is 6.82. The lowest BCUT2D eigenvalue weighted by atomic mass is 10.1. The molecule has 0 aliphatic heterocycles. The zero-order valence-electron chi connectivity index (χ0n) is 10.3. The molecule has 0 saturated heterocycles. The molecule has 0 saturated carbocycles. The van der Waals surface area contributed by atoms with Gasteiger partial charge in [-0.25, -0.2) is 0 Å². The van der Waals surface area contributed by atoms with Crippen LogP contribution in [0.2, 0.25) is 4.34 Å². The smallest absolute Gasteiger partial charge is 0.159 e. The number of hydrogen-bond acceptors (Lipinski definition) is 3. The predicted molar refractivity (Wildman–Crippen MR) is 77.9 cm³/mol. The summed E-state index contributed by atoms with van der Waals surface area (Å²) >= 11 is 7.50. The van der Waals surface area contributed by atoms with Gasteiger partial charge >= 0.3 is 0 Å². The molecule has 2 nitrogen and oxygen atoms in total. The van der Waals surface area contributed by atoms with Crippen molar-refractivity contribution in [2.45, 2.75) is 13.5 Å². The maximum atomic E-state index is 11.2. The van der Waals surface area contributed by atoms with Crippen LogP contribution in [-0.2, 0) is 6.54 Å². The lowest BCUT2D eigenvalue weighted by Gasteiger charge is -2.18. The first-order chi connectivity index (χ1) is 8.56. The van der Waals surface area contributed by atoms with Crippen LogP contribution < -0.4 is 4.90 Å². The summed E-state index contributed by atoms with van der Waals surface area (Å²) in [6.45, 7) is 2.39. The van der Waals surface area contributed by atoms with Crippen molar-refractivity contribution < 1.29 is 4.79 Å². The first-order valence-electron chi connectivity index (χ1n) is 5.62. The molecule has 0 spiro atoms. The van der Waals surface area contributed by atoms with Crippen LogP contribution in [0.5, 0.6) is 0 Å². The Morgan fingerprint density at radius 1 is 1.22 bits per heavy atom. The van der Waals surface area contributed by atoms with E-state index in [1.54, 1.807) is 18.3 Å². The summed E-state index contributed by atoms with van der Waals surface area (Å²) in [6.07, 6.45) is 0. The molecule has 0 amide bonds. The average molecular weight is 280 g/mol. The molecule has 2 rings (SSSR count). The summed E-state index contributed by atoms with van der Waals surface area (Å²) in [4.78, 5) is 14.5. The number of anilines is 1. The fraction of sp³-hybridized carbons (Fsp3) is 0.214. The van der Waals surface area contributed by atoms with Crippen molar-refractivity contribution in [3.63, 3.8) is 0 Å². The first kappa shape index (κ1) is 13.1. The van der Waals surface area contributed by atoms with Crippen molar-refractivity contribution in [2.24, 2.45) is 0 Å². The molecule has 2 aromatic rings. The van der Waals surface area contributed by atoms with Crippen molar-refractivity contribution in [1.82, 2.24) is 0 Å². The van der Waals surface area contributed by atoms with Crippen molar-refractivity contribution in [3.8, 4) is 0 Å². The molecule has 1 aromatic heterocycles. The van der Waals surface area contributed by atoms with Gasteiger partial charge in [-0.1, -0.05) is 11.6 Å². The molecular formula is C14H14ClNOS. The van der Waals surface area contributed by atoms with Crippen molar-refractivity contribution >= 4 is 34.4 Å². The van der Waals surface area contributed by atoms with Crippen molar-refractivity contribution in [1.29, 1.82) is 0 Å². The SMILES string of the molecule is CC(=O)c1ccc(N(C)Cc2ccc(Cl)s2)cc1. The standard InChI is InChI=1S/C14H14ClNOS/c1-10(17)11-3-5-12(6-4-11)16(2)9-13-7-8-14(15)18-13/h3-8H,9H2,1-2H3. The summed E-state index contributed by atoms with van der Waals surface area (Å²) in [5.41, 5.74) is 1.83. The Morgan fingerprint density at radius 3 is 2.39 bits per heavy atom. The van der Waals surface area contributed by atoms with E-state index in [-0.39, 0.29) is 5.78 Å². The minimum absolute atomic E-state index is 0.0919. The normalized spacial score (nSPS) is 10.4. The Balaban J connectivity index is 2.09. The summed E-state index contributed by atoms with van der Waals surface area (Å²) < 4.78 is 0.810. The van der Waals surface area contributed by atoms with Gasteiger partial charge in [0, 0.05) is 23.2 Å². The molecule has 0 atom stereocenters. The minimum Gasteiger partial charge on any atom is -0.369 e. The highest BCUT2D eigenvalue weighted by molar-refractivity contribution is 7.16. The summed E-state index contributed by atoms with van der Waals surface area (Å²) in [5, 5.41) is 0. The Hall–Kier alpha value is -1.32. The van der Waals surface area contributed by atoms with Gasteiger partial charge in [0.2, 0.25) is 0 Å². The summed E-state index contributed by atoms with van der Waals surface area (Å²) in [7, 11) is 2.02. The maximum Gasteiger partial charge on any atom is 0.159 e. The van der Waals surface area contributed by atoms with E-state index in [1.807, 2.05) is 43.4 Å². The number of benzene rings is 1. The lowest BCUT2D eigenvalue weighted by molar-refractivity contribution is 0.101. The van der Waals surface area contributed by atoms with Crippen LogP contribution in [0.1, 0.15) is 22.2 Å². The minimum atomic E-state index is 0.0919. The van der Waals surface area contributed by atoms with Gasteiger partial charge in [0.05, 0.1) is 10.9 Å². The topological polar surface area (TPSA) is 20.3 Å². The van der Waals surface area contributed by atoms with Crippen LogP contribution in [0, 0.1) is 0 Å². The molecule has 0 aliphatic rings. The molecule has 18 heavy (non-hydrogen) atoms. The predicted octanol–water partition coefficient (Wildman–Crippen LogP) is 4.24. The fourth-order valence-electron chi connectivity index (χ4n) is 1.71. The average Bonchev–Trinajstić information content (AvgIpc) is 2.75. The third kappa shape index (κ3) is 3.12. The van der Waals surface area contributed by atoms with Gasteiger partial charge in [-0.15, -0.1) is 11.3 Å². The molecule has 1 aromatic carbocycles. The van der Waals surface area contributed by atoms with Crippen LogP contribution in [0.4, 0.5) is 5.69 Å². The van der Waals surface area contributed by atoms with E-state index in [4.69, 9.17) is 11.6 Å². The number of hydrogen-bond donors (Lipinski definition) is 0. The highest BCUT2D eigenvalue weighted by Gasteiger charge is 2.05. The molecule has 1 heterocycles. The molecule has 94 valence electrons. The number of halogens is 1. The zero-order chi connectivity index (χ0) is 13.1. The molecule has 0 aliphatic carbocycles. The van der Waals surface area contributed by atoms with Gasteiger partial charge in [-0.05, 0) is 43.3 Å². The number of Topliss-reactive ketones (excluding diaryl/α,β-unsaturated/α-hetero) is 1. The van der Waals surface area contributed by atoms with Crippen LogP contribution >= 0.6 is 22.9 Å². The molecule has 0 N–H and O–H groups in total. The van der Waals surface area contributed by atoms with Gasteiger partial charge in [-0.3, -0.25) is 4.79 Å². The van der Waals surface area contributed by atoms with Crippen LogP contribution in [0.15, 0.2) is 36.4 Å². The second-order valence-corrected chi connectivity index (χ2v) is 5.96. The molecular weight excluding hydrogens is 266 g/mol. The zero-order valence-corrected chi connectivity index (χ0v) is 11.9. The number of ketones is 1. The fourth-order valence-corrected chi connectivity index (χ4v) is 2.85. The molecule has 0 unspecified atom stereocenters. The molecule has 0 fully saturated rings. The number of carbonyl (C=O) groups is 1. The van der Waals surface area contributed by atoms with Gasteiger partial charge in [0.25, 0.3) is 0 Å². The largest absolute Gasteiger partial charge is 0.369 e. The number of carbonyl (C=O) groups excluding carboxylic acids is 1. The number of nitrogens with zero attached hydrogens (tertiary/aromatic N) is 1. The Morgan fingerprint density at radius 2 is 1.89 bits per heavy atom. The van der Waals surface area contributed by atoms with Gasteiger partial charge in [0.1, 0.15) is 0 Å². The van der Waals surface area contributed by atoms with Gasteiger partial charge in [-0.2, -0.15) is 0 Å². The quantitative estimate of drug-likeness (QED) is 0.780. The van der Waals surface area contributed by atoms with E-state index in [1.165, 1.54) is 4.88 Å². The lowest BCUT2D eigenvalue weighted by Crippen LogP contribution is -2.15. The van der Waals surface area contributed by atoms with E-state index in [9.17, 15) is 4.79 Å². The van der Waals surface area contributed by atoms with E-state index in [0.29, 0.717) is 0 Å². The van der Waals surface area contributed by atoms with Gasteiger partial charge < -0.3 is 4.90 Å². The van der Waals surface area contributed by atoms with E-state index in [2.05, 4.69) is 4.90 Å². The Kier molecular flexibility index (Phi) is 4.04. The summed E-state index contributed by atoms with van der Waals surface area (Å²) in [5.74, 6) is 0.0919.